The van der Waals surface area contributed by atoms with E-state index in [0.29, 0.717) is 0 Å². The average Bonchev–Trinajstić information content (AvgIpc) is 2.89. The van der Waals surface area contributed by atoms with Crippen molar-refractivity contribution in [1.82, 2.24) is 20.1 Å². The Morgan fingerprint density at radius 3 is 2.50 bits per heavy atom. The molecule has 2 aromatic rings. The van der Waals surface area contributed by atoms with Gasteiger partial charge in [-0.15, -0.1) is 0 Å². The van der Waals surface area contributed by atoms with Crippen LogP contribution in [-0.4, -0.2) is 21.8 Å². The van der Waals surface area contributed by atoms with E-state index >= 15 is 0 Å². The summed E-state index contributed by atoms with van der Waals surface area (Å²) in [6, 6.07) is 8.76. The summed E-state index contributed by atoms with van der Waals surface area (Å²) in [5.41, 5.74) is 2.57. The Bertz CT molecular complexity index is 487. The zero-order chi connectivity index (χ0) is 13.0. The molecule has 0 saturated carbocycles. The van der Waals surface area contributed by atoms with E-state index in [9.17, 15) is 0 Å². The second-order valence-corrected chi connectivity index (χ2v) is 4.25. The van der Waals surface area contributed by atoms with Crippen LogP contribution in [0.25, 0.3) is 0 Å². The molecule has 0 radical (unpaired) electrons. The van der Waals surface area contributed by atoms with Crippen LogP contribution in [0.15, 0.2) is 30.6 Å². The quantitative estimate of drug-likeness (QED) is 0.876. The van der Waals surface area contributed by atoms with E-state index in [1.165, 1.54) is 11.1 Å². The van der Waals surface area contributed by atoms with E-state index in [1.54, 1.807) is 6.33 Å². The molecule has 0 fully saturated rings. The van der Waals surface area contributed by atoms with Gasteiger partial charge in [-0.2, -0.15) is 5.10 Å². The highest BCUT2D eigenvalue weighted by molar-refractivity contribution is 5.28. The van der Waals surface area contributed by atoms with Crippen LogP contribution in [0.1, 0.15) is 36.8 Å². The molecule has 1 unspecified atom stereocenters. The minimum Gasteiger partial charge on any atom is -0.307 e. The Hall–Kier alpha value is -1.68. The average molecular weight is 244 g/mol. The summed E-state index contributed by atoms with van der Waals surface area (Å²) in [5.74, 6) is 0.962. The fourth-order valence-corrected chi connectivity index (χ4v) is 2.13. The van der Waals surface area contributed by atoms with E-state index < -0.39 is 0 Å². The summed E-state index contributed by atoms with van der Waals surface area (Å²) >= 11 is 0. The second kappa shape index (κ2) is 5.78. The first-order valence-electron chi connectivity index (χ1n) is 6.43. The molecule has 0 saturated heterocycles. The van der Waals surface area contributed by atoms with Gasteiger partial charge in [-0.05, 0) is 31.5 Å². The van der Waals surface area contributed by atoms with Crippen molar-refractivity contribution in [2.45, 2.75) is 32.9 Å². The van der Waals surface area contributed by atoms with Crippen LogP contribution in [0.4, 0.5) is 0 Å². The topological polar surface area (TPSA) is 42.7 Å². The van der Waals surface area contributed by atoms with Gasteiger partial charge in [0, 0.05) is 6.54 Å². The minimum atomic E-state index is 0.0957. The lowest BCUT2D eigenvalue weighted by atomic mass is 10.0. The molecule has 0 aliphatic rings. The molecule has 0 bridgehead atoms. The van der Waals surface area contributed by atoms with Gasteiger partial charge in [-0.1, -0.05) is 31.2 Å². The van der Waals surface area contributed by atoms with Gasteiger partial charge in [-0.3, -0.25) is 0 Å². The fraction of sp³-hybridized carbons (Fsp3) is 0.429. The first kappa shape index (κ1) is 12.8. The zero-order valence-corrected chi connectivity index (χ0v) is 11.2. The van der Waals surface area contributed by atoms with Gasteiger partial charge in [0.1, 0.15) is 12.2 Å². The van der Waals surface area contributed by atoms with Crippen molar-refractivity contribution >= 4 is 0 Å². The third-order valence-electron chi connectivity index (χ3n) is 3.21. The third kappa shape index (κ3) is 2.43. The van der Waals surface area contributed by atoms with Crippen LogP contribution in [-0.2, 0) is 13.0 Å². The molecule has 0 aliphatic heterocycles. The van der Waals surface area contributed by atoms with Gasteiger partial charge >= 0.3 is 0 Å². The number of benzene rings is 1. The molecule has 1 aromatic heterocycles. The zero-order valence-electron chi connectivity index (χ0n) is 11.2. The number of aryl methyl sites for hydroxylation is 2. The van der Waals surface area contributed by atoms with Crippen LogP contribution >= 0.6 is 0 Å². The van der Waals surface area contributed by atoms with Crippen molar-refractivity contribution in [2.75, 3.05) is 7.05 Å². The van der Waals surface area contributed by atoms with Crippen LogP contribution in [0.5, 0.6) is 0 Å². The fourth-order valence-electron chi connectivity index (χ4n) is 2.13. The van der Waals surface area contributed by atoms with E-state index in [-0.39, 0.29) is 6.04 Å². The van der Waals surface area contributed by atoms with Gasteiger partial charge in [-0.25, -0.2) is 9.67 Å². The highest BCUT2D eigenvalue weighted by Crippen LogP contribution is 2.20. The SMILES string of the molecule is CCc1ccc(C(NC)c2ncnn2CC)cc1. The van der Waals surface area contributed by atoms with Crippen LogP contribution in [0, 0.1) is 0 Å². The number of hydrogen-bond acceptors (Lipinski definition) is 3. The van der Waals surface area contributed by atoms with E-state index in [1.807, 2.05) is 11.7 Å². The molecule has 1 atom stereocenters. The summed E-state index contributed by atoms with van der Waals surface area (Å²) in [5, 5.41) is 7.54. The summed E-state index contributed by atoms with van der Waals surface area (Å²) < 4.78 is 1.93. The molecule has 0 aliphatic carbocycles. The standard InChI is InChI=1S/C14H20N4/c1-4-11-6-8-12(9-7-11)13(15-3)14-16-10-17-18(14)5-2/h6-10,13,15H,4-5H2,1-3H3. The molecule has 0 amide bonds. The Morgan fingerprint density at radius 2 is 1.94 bits per heavy atom. The summed E-state index contributed by atoms with van der Waals surface area (Å²) in [4.78, 5) is 4.37. The van der Waals surface area contributed by atoms with Crippen molar-refractivity contribution in [2.24, 2.45) is 0 Å². The lowest BCUT2D eigenvalue weighted by molar-refractivity contribution is 0.552. The monoisotopic (exact) mass is 244 g/mol. The molecule has 0 spiro atoms. The molecule has 1 N–H and O–H groups in total. The maximum absolute atomic E-state index is 4.37. The van der Waals surface area contributed by atoms with Gasteiger partial charge < -0.3 is 5.32 Å². The second-order valence-electron chi connectivity index (χ2n) is 4.25. The predicted molar refractivity (Wildman–Crippen MR) is 72.4 cm³/mol. The number of rotatable bonds is 5. The molecular formula is C14H20N4. The van der Waals surface area contributed by atoms with Gasteiger partial charge in [0.2, 0.25) is 0 Å². The van der Waals surface area contributed by atoms with Gasteiger partial charge in [0.15, 0.2) is 0 Å². The molecular weight excluding hydrogens is 224 g/mol. The summed E-state index contributed by atoms with van der Waals surface area (Å²) in [6.45, 7) is 5.07. The van der Waals surface area contributed by atoms with Crippen LogP contribution in [0.3, 0.4) is 0 Å². The van der Waals surface area contributed by atoms with Crippen LogP contribution in [0.2, 0.25) is 0 Å². The Balaban J connectivity index is 2.32. The third-order valence-corrected chi connectivity index (χ3v) is 3.21. The summed E-state index contributed by atoms with van der Waals surface area (Å²) in [6.07, 6.45) is 2.68. The first-order valence-corrected chi connectivity index (χ1v) is 6.43. The maximum atomic E-state index is 4.37. The van der Waals surface area contributed by atoms with E-state index in [0.717, 1.165) is 18.8 Å². The van der Waals surface area contributed by atoms with E-state index in [2.05, 4.69) is 53.5 Å². The van der Waals surface area contributed by atoms with Crippen molar-refractivity contribution < 1.29 is 0 Å². The number of aromatic nitrogens is 3. The maximum Gasteiger partial charge on any atom is 0.148 e. The van der Waals surface area contributed by atoms with Crippen molar-refractivity contribution in [3.63, 3.8) is 0 Å². The van der Waals surface area contributed by atoms with Crippen molar-refractivity contribution in [3.8, 4) is 0 Å². The smallest absolute Gasteiger partial charge is 0.148 e. The molecule has 1 aromatic carbocycles. The molecule has 2 rings (SSSR count). The Labute approximate surface area is 108 Å². The van der Waals surface area contributed by atoms with Crippen molar-refractivity contribution in [1.29, 1.82) is 0 Å². The van der Waals surface area contributed by atoms with Gasteiger partial charge in [0.25, 0.3) is 0 Å². The molecule has 4 nitrogen and oxygen atoms in total. The lowest BCUT2D eigenvalue weighted by Crippen LogP contribution is -2.22. The first-order chi connectivity index (χ1) is 8.80. The lowest BCUT2D eigenvalue weighted by Gasteiger charge is -2.16. The highest BCUT2D eigenvalue weighted by atomic mass is 15.3. The normalized spacial score (nSPS) is 12.6. The molecule has 96 valence electrons. The molecule has 18 heavy (non-hydrogen) atoms. The molecule has 4 heteroatoms. The minimum absolute atomic E-state index is 0.0957. The number of nitrogens with one attached hydrogen (secondary N) is 1. The van der Waals surface area contributed by atoms with Gasteiger partial charge in [0.05, 0.1) is 6.04 Å². The predicted octanol–water partition coefficient (Wildman–Crippen LogP) is 2.17. The van der Waals surface area contributed by atoms with E-state index in [4.69, 9.17) is 0 Å². The summed E-state index contributed by atoms with van der Waals surface area (Å²) in [7, 11) is 1.95. The Kier molecular flexibility index (Phi) is 4.10. The molecule has 1 heterocycles. The number of hydrogen-bond donors (Lipinski definition) is 1. The van der Waals surface area contributed by atoms with Crippen molar-refractivity contribution in [3.05, 3.63) is 47.5 Å². The largest absolute Gasteiger partial charge is 0.307 e. The van der Waals surface area contributed by atoms with Crippen LogP contribution < -0.4 is 5.32 Å². The number of nitrogens with zero attached hydrogens (tertiary/aromatic N) is 3. The Morgan fingerprint density at radius 1 is 1.22 bits per heavy atom. The highest BCUT2D eigenvalue weighted by Gasteiger charge is 2.17.